The molecule has 1 saturated carbocycles. The molecule has 0 atom stereocenters. The zero-order chi connectivity index (χ0) is 10.3. The van der Waals surface area contributed by atoms with Gasteiger partial charge in [0.05, 0.1) is 12.6 Å². The first-order chi connectivity index (χ1) is 7.40. The molecule has 2 aromatic rings. The van der Waals surface area contributed by atoms with Crippen molar-refractivity contribution in [3.63, 3.8) is 0 Å². The predicted octanol–water partition coefficient (Wildman–Crippen LogP) is 3.12. The van der Waals surface area contributed by atoms with Crippen molar-refractivity contribution in [1.82, 2.24) is 4.98 Å². The second kappa shape index (κ2) is 3.23. The molecule has 15 heavy (non-hydrogen) atoms. The predicted molar refractivity (Wildman–Crippen MR) is 60.3 cm³/mol. The fourth-order valence-corrected chi connectivity index (χ4v) is 2.09. The molecule has 3 rings (SSSR count). The molecule has 0 N–H and O–H groups in total. The molecule has 0 aliphatic heterocycles. The van der Waals surface area contributed by atoms with E-state index in [1.54, 1.807) is 7.11 Å². The first kappa shape index (κ1) is 8.72. The SMILES string of the molecule is COc1ccc2cccnc2c1C1CC1. The Morgan fingerprint density at radius 1 is 1.27 bits per heavy atom. The van der Waals surface area contributed by atoms with Gasteiger partial charge in [0.15, 0.2) is 0 Å². The van der Waals surface area contributed by atoms with Gasteiger partial charge >= 0.3 is 0 Å². The van der Waals surface area contributed by atoms with Gasteiger partial charge in [-0.05, 0) is 37.0 Å². The lowest BCUT2D eigenvalue weighted by Gasteiger charge is -2.09. The summed E-state index contributed by atoms with van der Waals surface area (Å²) in [7, 11) is 1.73. The molecule has 0 unspecified atom stereocenters. The van der Waals surface area contributed by atoms with E-state index >= 15 is 0 Å². The second-order valence-electron chi connectivity index (χ2n) is 4.03. The summed E-state index contributed by atoms with van der Waals surface area (Å²) >= 11 is 0. The van der Waals surface area contributed by atoms with Crippen LogP contribution in [0.5, 0.6) is 5.75 Å². The second-order valence-corrected chi connectivity index (χ2v) is 4.03. The van der Waals surface area contributed by atoms with Gasteiger partial charge in [0, 0.05) is 17.1 Å². The summed E-state index contributed by atoms with van der Waals surface area (Å²) < 4.78 is 5.41. The third-order valence-electron chi connectivity index (χ3n) is 2.98. The fraction of sp³-hybridized carbons (Fsp3) is 0.308. The zero-order valence-corrected chi connectivity index (χ0v) is 8.73. The van der Waals surface area contributed by atoms with E-state index in [1.807, 2.05) is 12.3 Å². The van der Waals surface area contributed by atoms with Crippen molar-refractivity contribution in [3.8, 4) is 5.75 Å². The maximum absolute atomic E-state index is 5.41. The molecule has 1 aromatic carbocycles. The minimum absolute atomic E-state index is 0.665. The van der Waals surface area contributed by atoms with Crippen molar-refractivity contribution in [2.75, 3.05) is 7.11 Å². The molecular weight excluding hydrogens is 186 g/mol. The van der Waals surface area contributed by atoms with E-state index in [0.29, 0.717) is 5.92 Å². The van der Waals surface area contributed by atoms with Crippen LogP contribution in [0.4, 0.5) is 0 Å². The highest BCUT2D eigenvalue weighted by Crippen LogP contribution is 2.46. The fourth-order valence-electron chi connectivity index (χ4n) is 2.09. The number of pyridine rings is 1. The minimum Gasteiger partial charge on any atom is -0.496 e. The Bertz CT molecular complexity index is 503. The average Bonchev–Trinajstić information content (AvgIpc) is 3.11. The third-order valence-corrected chi connectivity index (χ3v) is 2.98. The Morgan fingerprint density at radius 3 is 2.87 bits per heavy atom. The van der Waals surface area contributed by atoms with Gasteiger partial charge in [-0.2, -0.15) is 0 Å². The van der Waals surface area contributed by atoms with Crippen LogP contribution in [0.1, 0.15) is 24.3 Å². The highest BCUT2D eigenvalue weighted by Gasteiger charge is 2.29. The van der Waals surface area contributed by atoms with Crippen LogP contribution in [0.2, 0.25) is 0 Å². The molecule has 0 spiro atoms. The summed E-state index contributed by atoms with van der Waals surface area (Å²) in [5.41, 5.74) is 2.41. The summed E-state index contributed by atoms with van der Waals surface area (Å²) in [4.78, 5) is 4.47. The Labute approximate surface area is 88.9 Å². The van der Waals surface area contributed by atoms with Gasteiger partial charge in [-0.25, -0.2) is 0 Å². The highest BCUT2D eigenvalue weighted by molar-refractivity contribution is 5.84. The monoisotopic (exact) mass is 199 g/mol. The molecule has 1 aromatic heterocycles. The van der Waals surface area contributed by atoms with E-state index in [2.05, 4.69) is 23.2 Å². The number of hydrogen-bond acceptors (Lipinski definition) is 2. The van der Waals surface area contributed by atoms with Crippen LogP contribution in [-0.4, -0.2) is 12.1 Å². The normalized spacial score (nSPS) is 15.5. The van der Waals surface area contributed by atoms with Gasteiger partial charge in [-0.1, -0.05) is 6.07 Å². The largest absolute Gasteiger partial charge is 0.496 e. The van der Waals surface area contributed by atoms with Crippen molar-refractivity contribution in [1.29, 1.82) is 0 Å². The molecule has 1 heterocycles. The molecule has 0 radical (unpaired) electrons. The number of hydrogen-bond donors (Lipinski definition) is 0. The van der Waals surface area contributed by atoms with Crippen LogP contribution in [0, 0.1) is 0 Å². The lowest BCUT2D eigenvalue weighted by atomic mass is 10.0. The van der Waals surface area contributed by atoms with E-state index in [4.69, 9.17) is 4.74 Å². The molecule has 0 amide bonds. The molecule has 1 aliphatic carbocycles. The summed E-state index contributed by atoms with van der Waals surface area (Å²) in [5, 5.41) is 1.21. The van der Waals surface area contributed by atoms with Crippen molar-refractivity contribution in [2.24, 2.45) is 0 Å². The van der Waals surface area contributed by atoms with Gasteiger partial charge in [-0.15, -0.1) is 0 Å². The molecule has 2 nitrogen and oxygen atoms in total. The van der Waals surface area contributed by atoms with Crippen LogP contribution >= 0.6 is 0 Å². The first-order valence-corrected chi connectivity index (χ1v) is 5.32. The van der Waals surface area contributed by atoms with Gasteiger partial charge in [0.1, 0.15) is 5.75 Å². The standard InChI is InChI=1S/C13H13NO/c1-15-11-7-6-10-3-2-8-14-13(10)12(11)9-4-5-9/h2-3,6-9H,4-5H2,1H3. The summed E-state index contributed by atoms with van der Waals surface area (Å²) in [6.45, 7) is 0. The number of nitrogens with zero attached hydrogens (tertiary/aromatic N) is 1. The van der Waals surface area contributed by atoms with Gasteiger partial charge in [0.25, 0.3) is 0 Å². The van der Waals surface area contributed by atoms with E-state index in [0.717, 1.165) is 11.3 Å². The molecule has 1 fully saturated rings. The van der Waals surface area contributed by atoms with Gasteiger partial charge < -0.3 is 4.74 Å². The number of methoxy groups -OCH3 is 1. The molecule has 76 valence electrons. The summed E-state index contributed by atoms with van der Waals surface area (Å²) in [6, 6.07) is 8.21. The smallest absolute Gasteiger partial charge is 0.124 e. The highest BCUT2D eigenvalue weighted by atomic mass is 16.5. The molecule has 0 bridgehead atoms. The summed E-state index contributed by atoms with van der Waals surface area (Å²) in [5.74, 6) is 1.65. The lowest BCUT2D eigenvalue weighted by molar-refractivity contribution is 0.410. The number of aromatic nitrogens is 1. The Balaban J connectivity index is 2.32. The van der Waals surface area contributed by atoms with Crippen molar-refractivity contribution < 1.29 is 4.74 Å². The number of fused-ring (bicyclic) bond motifs is 1. The van der Waals surface area contributed by atoms with Gasteiger partial charge in [-0.3, -0.25) is 4.98 Å². The topological polar surface area (TPSA) is 22.1 Å². The van der Waals surface area contributed by atoms with Crippen molar-refractivity contribution in [3.05, 3.63) is 36.0 Å². The van der Waals surface area contributed by atoms with Crippen LogP contribution in [-0.2, 0) is 0 Å². The maximum atomic E-state index is 5.41. The van der Waals surface area contributed by atoms with E-state index in [-0.39, 0.29) is 0 Å². The first-order valence-electron chi connectivity index (χ1n) is 5.32. The lowest BCUT2D eigenvalue weighted by Crippen LogP contribution is -1.93. The zero-order valence-electron chi connectivity index (χ0n) is 8.73. The van der Waals surface area contributed by atoms with E-state index in [1.165, 1.54) is 23.8 Å². The molecule has 2 heteroatoms. The molecule has 1 aliphatic rings. The van der Waals surface area contributed by atoms with Crippen LogP contribution < -0.4 is 4.74 Å². The molecule has 0 saturated heterocycles. The Morgan fingerprint density at radius 2 is 2.13 bits per heavy atom. The maximum Gasteiger partial charge on any atom is 0.124 e. The van der Waals surface area contributed by atoms with Crippen LogP contribution in [0.25, 0.3) is 10.9 Å². The van der Waals surface area contributed by atoms with E-state index in [9.17, 15) is 0 Å². The molecular formula is C13H13NO. The number of benzene rings is 1. The van der Waals surface area contributed by atoms with Crippen LogP contribution in [0.3, 0.4) is 0 Å². The third kappa shape index (κ3) is 1.37. The Kier molecular flexibility index (Phi) is 1.88. The van der Waals surface area contributed by atoms with Gasteiger partial charge in [0.2, 0.25) is 0 Å². The Hall–Kier alpha value is -1.57. The number of rotatable bonds is 2. The number of ether oxygens (including phenoxy) is 1. The van der Waals surface area contributed by atoms with Crippen molar-refractivity contribution in [2.45, 2.75) is 18.8 Å². The van der Waals surface area contributed by atoms with Crippen molar-refractivity contribution >= 4 is 10.9 Å². The average molecular weight is 199 g/mol. The van der Waals surface area contributed by atoms with Crippen LogP contribution in [0.15, 0.2) is 30.5 Å². The summed E-state index contributed by atoms with van der Waals surface area (Å²) in [6.07, 6.45) is 4.39. The van der Waals surface area contributed by atoms with E-state index < -0.39 is 0 Å². The quantitative estimate of drug-likeness (QED) is 0.741. The minimum atomic E-state index is 0.665.